The first-order valence-corrected chi connectivity index (χ1v) is 7.05. The molecule has 2 atom stereocenters. The molecule has 0 amide bonds. The maximum Gasteiger partial charge on any atom is 0.330 e. The highest BCUT2D eigenvalue weighted by molar-refractivity contribution is 5.70. The van der Waals surface area contributed by atoms with Crippen molar-refractivity contribution in [1.29, 1.82) is 0 Å². The predicted octanol–water partition coefficient (Wildman–Crippen LogP) is 0.392. The Morgan fingerprint density at radius 1 is 1.50 bits per heavy atom. The van der Waals surface area contributed by atoms with Gasteiger partial charge in [-0.3, -0.25) is 14.3 Å². The van der Waals surface area contributed by atoms with E-state index in [1.54, 1.807) is 10.9 Å². The molecule has 0 bridgehead atoms. The minimum Gasteiger partial charge on any atom is -0.320 e. The third-order valence-electron chi connectivity index (χ3n) is 4.12. The number of hydrogen-bond donors (Lipinski definition) is 2. The van der Waals surface area contributed by atoms with Crippen molar-refractivity contribution in [2.45, 2.75) is 38.8 Å². The third-order valence-corrected chi connectivity index (χ3v) is 4.12. The van der Waals surface area contributed by atoms with Crippen molar-refractivity contribution in [2.24, 2.45) is 0 Å². The van der Waals surface area contributed by atoms with Gasteiger partial charge in [0.2, 0.25) is 0 Å². The summed E-state index contributed by atoms with van der Waals surface area (Å²) in [4.78, 5) is 30.9. The Morgan fingerprint density at radius 2 is 2.30 bits per heavy atom. The number of hydrogen-bond acceptors (Lipinski definition) is 4. The Morgan fingerprint density at radius 3 is 2.95 bits per heavy atom. The summed E-state index contributed by atoms with van der Waals surface area (Å²) in [7, 11) is 0. The number of nitrogens with one attached hydrogen (secondary N) is 2. The molecule has 1 fully saturated rings. The number of imidazole rings is 1. The molecule has 108 valence electrons. The van der Waals surface area contributed by atoms with Crippen LogP contribution in [0.1, 0.15) is 38.8 Å². The molecule has 3 heterocycles. The van der Waals surface area contributed by atoms with Crippen molar-refractivity contribution < 1.29 is 0 Å². The second kappa shape index (κ2) is 4.90. The van der Waals surface area contributed by atoms with Gasteiger partial charge in [0.25, 0.3) is 5.56 Å². The lowest BCUT2D eigenvalue weighted by molar-refractivity contribution is 0.516. The Kier molecular flexibility index (Phi) is 3.21. The molecule has 2 aromatic rings. The quantitative estimate of drug-likeness (QED) is 0.850. The number of aromatic amines is 1. The van der Waals surface area contributed by atoms with Crippen molar-refractivity contribution in [2.75, 3.05) is 13.1 Å². The van der Waals surface area contributed by atoms with E-state index < -0.39 is 0 Å². The predicted molar refractivity (Wildman–Crippen MR) is 76.1 cm³/mol. The minimum absolute atomic E-state index is 0.00639. The molecule has 3 rings (SSSR count). The van der Waals surface area contributed by atoms with Crippen LogP contribution in [0.25, 0.3) is 11.2 Å². The second-order valence-electron chi connectivity index (χ2n) is 5.36. The number of H-pyrrole nitrogens is 1. The van der Waals surface area contributed by atoms with Crippen LogP contribution in [0.3, 0.4) is 0 Å². The molecule has 2 unspecified atom stereocenters. The standard InChI is InChI=1S/C13H19N5O2/c1-3-8(2)18-11-10(12(19)16-13(18)20)17(7-15-11)9-4-5-14-6-9/h7-9,14H,3-6H2,1-2H3,(H,16,19,20). The number of fused-ring (bicyclic) bond motifs is 1. The number of rotatable bonds is 3. The van der Waals surface area contributed by atoms with Crippen molar-refractivity contribution >= 4 is 11.2 Å². The van der Waals surface area contributed by atoms with Crippen LogP contribution in [-0.2, 0) is 0 Å². The molecule has 20 heavy (non-hydrogen) atoms. The zero-order chi connectivity index (χ0) is 14.3. The van der Waals surface area contributed by atoms with Crippen LogP contribution in [0.2, 0.25) is 0 Å². The smallest absolute Gasteiger partial charge is 0.320 e. The first-order valence-electron chi connectivity index (χ1n) is 7.05. The summed E-state index contributed by atoms with van der Waals surface area (Å²) in [6.07, 6.45) is 3.45. The first-order chi connectivity index (χ1) is 9.63. The number of aromatic nitrogens is 4. The molecule has 1 saturated heterocycles. The Balaban J connectivity index is 2.27. The van der Waals surface area contributed by atoms with Gasteiger partial charge in [-0.1, -0.05) is 6.92 Å². The SMILES string of the molecule is CCC(C)n1c(=O)[nH]c(=O)c2c1ncn2C1CCNC1. The minimum atomic E-state index is -0.383. The maximum atomic E-state index is 12.2. The first kappa shape index (κ1) is 13.1. The number of nitrogens with zero attached hydrogens (tertiary/aromatic N) is 3. The normalized spacial score (nSPS) is 20.6. The van der Waals surface area contributed by atoms with Gasteiger partial charge in [-0.15, -0.1) is 0 Å². The molecule has 2 aromatic heterocycles. The molecular weight excluding hydrogens is 258 g/mol. The topological polar surface area (TPSA) is 84.7 Å². The van der Waals surface area contributed by atoms with Gasteiger partial charge in [0.1, 0.15) is 0 Å². The summed E-state index contributed by atoms with van der Waals surface area (Å²) < 4.78 is 3.47. The van der Waals surface area contributed by atoms with E-state index in [0.29, 0.717) is 11.2 Å². The Labute approximate surface area is 115 Å². The largest absolute Gasteiger partial charge is 0.330 e. The van der Waals surface area contributed by atoms with E-state index in [2.05, 4.69) is 15.3 Å². The highest BCUT2D eigenvalue weighted by Crippen LogP contribution is 2.20. The molecule has 1 aliphatic rings. The summed E-state index contributed by atoms with van der Waals surface area (Å²) in [6, 6.07) is 0.232. The van der Waals surface area contributed by atoms with Crippen molar-refractivity contribution in [3.8, 4) is 0 Å². The second-order valence-corrected chi connectivity index (χ2v) is 5.36. The highest BCUT2D eigenvalue weighted by atomic mass is 16.2. The average molecular weight is 277 g/mol. The lowest BCUT2D eigenvalue weighted by atomic mass is 10.2. The maximum absolute atomic E-state index is 12.2. The van der Waals surface area contributed by atoms with E-state index in [0.717, 1.165) is 25.9 Å². The lowest BCUT2D eigenvalue weighted by Gasteiger charge is -2.14. The molecular formula is C13H19N5O2. The summed E-state index contributed by atoms with van der Waals surface area (Å²) in [5, 5.41) is 3.28. The molecule has 1 aliphatic heterocycles. The van der Waals surface area contributed by atoms with Gasteiger partial charge in [0.15, 0.2) is 11.2 Å². The Bertz CT molecular complexity index is 735. The van der Waals surface area contributed by atoms with Gasteiger partial charge in [-0.05, 0) is 26.3 Å². The molecule has 2 N–H and O–H groups in total. The molecule has 0 spiro atoms. The van der Waals surface area contributed by atoms with Crippen LogP contribution in [0, 0.1) is 0 Å². The van der Waals surface area contributed by atoms with Gasteiger partial charge in [0, 0.05) is 18.6 Å². The monoisotopic (exact) mass is 277 g/mol. The molecule has 0 aliphatic carbocycles. The van der Waals surface area contributed by atoms with Crippen LogP contribution in [0.4, 0.5) is 0 Å². The van der Waals surface area contributed by atoms with Gasteiger partial charge in [0.05, 0.1) is 6.33 Å². The van der Waals surface area contributed by atoms with E-state index in [1.807, 2.05) is 18.4 Å². The van der Waals surface area contributed by atoms with Gasteiger partial charge in [-0.25, -0.2) is 9.78 Å². The van der Waals surface area contributed by atoms with Gasteiger partial charge < -0.3 is 9.88 Å². The van der Waals surface area contributed by atoms with E-state index in [9.17, 15) is 9.59 Å². The molecule has 0 radical (unpaired) electrons. The van der Waals surface area contributed by atoms with Crippen LogP contribution in [0.5, 0.6) is 0 Å². The van der Waals surface area contributed by atoms with Gasteiger partial charge in [-0.2, -0.15) is 0 Å². The van der Waals surface area contributed by atoms with E-state index in [-0.39, 0.29) is 23.3 Å². The van der Waals surface area contributed by atoms with E-state index in [1.165, 1.54) is 0 Å². The Hall–Kier alpha value is -1.89. The zero-order valence-electron chi connectivity index (χ0n) is 11.7. The van der Waals surface area contributed by atoms with Crippen LogP contribution < -0.4 is 16.6 Å². The molecule has 0 saturated carbocycles. The fourth-order valence-corrected chi connectivity index (χ4v) is 2.80. The van der Waals surface area contributed by atoms with Crippen molar-refractivity contribution in [3.05, 3.63) is 27.2 Å². The van der Waals surface area contributed by atoms with E-state index in [4.69, 9.17) is 0 Å². The zero-order valence-corrected chi connectivity index (χ0v) is 11.7. The molecule has 7 heteroatoms. The van der Waals surface area contributed by atoms with E-state index >= 15 is 0 Å². The summed E-state index contributed by atoms with van der Waals surface area (Å²) in [5.41, 5.74) is 0.249. The summed E-state index contributed by atoms with van der Waals surface area (Å²) in [6.45, 7) is 5.72. The molecule has 7 nitrogen and oxygen atoms in total. The van der Waals surface area contributed by atoms with Crippen molar-refractivity contribution in [1.82, 2.24) is 24.4 Å². The van der Waals surface area contributed by atoms with Crippen molar-refractivity contribution in [3.63, 3.8) is 0 Å². The average Bonchev–Trinajstić information content (AvgIpc) is 3.06. The third kappa shape index (κ3) is 1.89. The lowest BCUT2D eigenvalue weighted by Crippen LogP contribution is -2.33. The van der Waals surface area contributed by atoms with Crippen LogP contribution in [0.15, 0.2) is 15.9 Å². The molecule has 0 aromatic carbocycles. The van der Waals surface area contributed by atoms with Crippen LogP contribution >= 0.6 is 0 Å². The van der Waals surface area contributed by atoms with Gasteiger partial charge >= 0.3 is 5.69 Å². The van der Waals surface area contributed by atoms with Crippen LogP contribution in [-0.4, -0.2) is 32.2 Å². The summed E-state index contributed by atoms with van der Waals surface area (Å²) >= 11 is 0. The summed E-state index contributed by atoms with van der Waals surface area (Å²) in [5.74, 6) is 0. The highest BCUT2D eigenvalue weighted by Gasteiger charge is 2.22. The fraction of sp³-hybridized carbons (Fsp3) is 0.615. The fourth-order valence-electron chi connectivity index (χ4n) is 2.80.